The van der Waals surface area contributed by atoms with Crippen molar-refractivity contribution in [2.75, 3.05) is 13.2 Å². The first-order valence-electron chi connectivity index (χ1n) is 29.2. The Morgan fingerprint density at radius 2 is 0.717 bits per heavy atom. The molecule has 37 heteroatoms. The third-order valence-corrected chi connectivity index (χ3v) is 17.2. The van der Waals surface area contributed by atoms with Gasteiger partial charge in [-0.1, -0.05) is 109 Å². The number of rotatable bonds is 26. The van der Waals surface area contributed by atoms with Crippen LogP contribution in [0.25, 0.3) is 12.2 Å². The molecule has 99 heavy (non-hydrogen) atoms. The Morgan fingerprint density at radius 3 is 1.05 bits per heavy atom. The summed E-state index contributed by atoms with van der Waals surface area (Å²) in [6.07, 6.45) is -11.6. The van der Waals surface area contributed by atoms with Gasteiger partial charge in [0, 0.05) is 11.8 Å². The summed E-state index contributed by atoms with van der Waals surface area (Å²) in [6, 6.07) is 16.8. The standard InChI is InChI=1S/C31H29F13O6.C31H27F13O5/c1-2-49-13-12-18-14-17(15-19(18)26(32,33)27(34,35)28(36,37)29(38,39)30(40,41)31(42,43)44)9-11-21-23(25(47)48)22(24(45)46)20(50-21)10-8-16-6-4-3-5-7-16;1-2-47-13-12-18-14-17(15-19(18)26(32,33)27(34,35)28(36,37)29(38,39)30(40,41)31(42,43)44)9-11-21-23-22(24(45)49-25(23)46)20(48-21)10-8-16-6-4-3-5-7-16/h3-13,17-23H,2,14-15H2,1H3,(H,45,46)(H,47,48);3-13,17-23H,2,14-15H2,1H3/b2*10-8-,11-9+,13-12-. The van der Waals surface area contributed by atoms with Crippen molar-refractivity contribution in [2.45, 2.75) is 136 Å². The zero-order valence-corrected chi connectivity index (χ0v) is 50.4. The maximum atomic E-state index is 15.3. The number of benzene rings is 2. The highest BCUT2D eigenvalue weighted by atomic mass is 19.4. The van der Waals surface area contributed by atoms with Crippen LogP contribution in [0.5, 0.6) is 0 Å². The number of alkyl halides is 26. The van der Waals surface area contributed by atoms with Crippen molar-refractivity contribution in [3.63, 3.8) is 0 Å². The molecule has 0 radical (unpaired) electrons. The van der Waals surface area contributed by atoms with Gasteiger partial charge in [0.2, 0.25) is 0 Å². The van der Waals surface area contributed by atoms with Gasteiger partial charge >= 0.3 is 95.5 Å². The van der Waals surface area contributed by atoms with E-state index in [-0.39, 0.29) is 13.2 Å². The number of hydrogen-bond acceptors (Lipinski definition) is 9. The van der Waals surface area contributed by atoms with Gasteiger partial charge in [-0.25, -0.2) is 0 Å². The Labute approximate surface area is 543 Å². The molecule has 0 spiro atoms. The van der Waals surface area contributed by atoms with Gasteiger partial charge in [0.05, 0.1) is 50.2 Å². The van der Waals surface area contributed by atoms with Crippen molar-refractivity contribution >= 4 is 36.0 Å². The fourth-order valence-corrected chi connectivity index (χ4v) is 12.0. The molecule has 2 aliphatic carbocycles. The number of allylic oxidation sites excluding steroid dienone is 4. The van der Waals surface area contributed by atoms with E-state index < -0.39 is 205 Å². The number of ether oxygens (including phenoxy) is 5. The Kier molecular flexibility index (Phi) is 23.9. The summed E-state index contributed by atoms with van der Waals surface area (Å²) in [5.41, 5.74) is 1.25. The number of halogens is 26. The van der Waals surface area contributed by atoms with E-state index in [1.807, 2.05) is 0 Å². The molecule has 11 nitrogen and oxygen atoms in total. The summed E-state index contributed by atoms with van der Waals surface area (Å²) in [4.78, 5) is 49.0. The molecule has 5 fully saturated rings. The molecule has 2 saturated carbocycles. The van der Waals surface area contributed by atoms with E-state index in [2.05, 4.69) is 0 Å². The lowest BCUT2D eigenvalue weighted by Crippen LogP contribution is -2.71. The highest BCUT2D eigenvalue weighted by Gasteiger charge is 2.93. The van der Waals surface area contributed by atoms with Crippen molar-refractivity contribution in [1.29, 1.82) is 0 Å². The fraction of sp³-hybridized carbons (Fsp3) is 0.548. The zero-order valence-electron chi connectivity index (χ0n) is 50.4. The normalized spacial score (nSPS) is 28.3. The molecular formula is C62H56F26O11. The minimum Gasteiger partial charge on any atom is -0.502 e. The molecule has 5 aliphatic rings. The van der Waals surface area contributed by atoms with Crippen LogP contribution in [0.1, 0.15) is 50.7 Å². The van der Waals surface area contributed by atoms with E-state index in [4.69, 9.17) is 23.7 Å². The van der Waals surface area contributed by atoms with E-state index in [9.17, 15) is 126 Å². The zero-order chi connectivity index (χ0) is 74.9. The number of carbonyl (C=O) groups excluding carboxylic acids is 2. The Bertz CT molecular complexity index is 3330. The highest BCUT2D eigenvalue weighted by Crippen LogP contribution is 2.66. The molecule has 3 aliphatic heterocycles. The fourth-order valence-electron chi connectivity index (χ4n) is 12.0. The van der Waals surface area contributed by atoms with Gasteiger partial charge < -0.3 is 33.9 Å². The van der Waals surface area contributed by atoms with Crippen LogP contribution in [0.2, 0.25) is 0 Å². The maximum absolute atomic E-state index is 15.3. The Morgan fingerprint density at radius 1 is 0.414 bits per heavy atom. The number of fused-ring (bicyclic) bond motifs is 1. The van der Waals surface area contributed by atoms with Crippen molar-refractivity contribution in [1.82, 2.24) is 0 Å². The van der Waals surface area contributed by atoms with Crippen LogP contribution in [0.4, 0.5) is 114 Å². The maximum Gasteiger partial charge on any atom is 0.460 e. The first-order valence-corrected chi connectivity index (χ1v) is 29.2. The minimum atomic E-state index is -8.04. The number of hydrogen-bond donors (Lipinski definition) is 2. The van der Waals surface area contributed by atoms with Crippen molar-refractivity contribution in [3.8, 4) is 0 Å². The van der Waals surface area contributed by atoms with Gasteiger partial charge in [0.1, 0.15) is 23.7 Å². The van der Waals surface area contributed by atoms with Crippen LogP contribution in [-0.4, -0.2) is 143 Å². The summed E-state index contributed by atoms with van der Waals surface area (Å²) in [7, 11) is 0. The molecule has 552 valence electrons. The lowest BCUT2D eigenvalue weighted by atomic mass is 9.82. The van der Waals surface area contributed by atoms with Crippen LogP contribution in [0.3, 0.4) is 0 Å². The van der Waals surface area contributed by atoms with Crippen LogP contribution in [0, 0.1) is 59.2 Å². The molecule has 2 aromatic rings. The van der Waals surface area contributed by atoms with Gasteiger partial charge in [0.25, 0.3) is 0 Å². The molecule has 0 amide bonds. The monoisotopic (exact) mass is 1470 g/mol. The molecule has 3 saturated heterocycles. The SMILES string of the molecule is CCO/C=C\C1CC(/C=C/C2OC(/C=C\c3ccccc3)C(C(=O)O)C2C(=O)O)CC1C(F)(F)C(F)(F)C(F)(F)C(F)(F)C(F)(F)C(F)(F)F.CCO/C=C\C1CC(/C=C/C2OC(/C=C\c3ccccc3)C3C(=O)OC(=O)C23)CC1C(F)(F)C(F)(F)C(F)(F)C(F)(F)C(F)(F)C(F)(F)F. The van der Waals surface area contributed by atoms with Crippen LogP contribution in [0.15, 0.2) is 122 Å². The van der Waals surface area contributed by atoms with Crippen LogP contribution >= 0.6 is 0 Å². The lowest BCUT2D eigenvalue weighted by molar-refractivity contribution is -0.443. The molecule has 3 heterocycles. The van der Waals surface area contributed by atoms with Gasteiger partial charge in [-0.2, -0.15) is 114 Å². The van der Waals surface area contributed by atoms with E-state index in [0.29, 0.717) is 29.5 Å². The number of esters is 2. The Balaban J connectivity index is 0.000000312. The topological polar surface area (TPSA) is 155 Å². The molecule has 2 N–H and O–H groups in total. The van der Waals surface area contributed by atoms with E-state index in [1.165, 1.54) is 32.1 Å². The molecule has 2 aromatic carbocycles. The summed E-state index contributed by atoms with van der Waals surface area (Å²) < 4.78 is 388. The van der Waals surface area contributed by atoms with Gasteiger partial charge in [-0.3, -0.25) is 19.2 Å². The number of carbonyl (C=O) groups is 4. The summed E-state index contributed by atoms with van der Waals surface area (Å²) in [6.45, 7) is 2.54. The smallest absolute Gasteiger partial charge is 0.460 e. The summed E-state index contributed by atoms with van der Waals surface area (Å²) in [5.74, 6) is -98.9. The van der Waals surface area contributed by atoms with Crippen molar-refractivity contribution in [3.05, 3.63) is 133 Å². The molecule has 0 bridgehead atoms. The van der Waals surface area contributed by atoms with E-state index in [1.54, 1.807) is 66.7 Å². The second kappa shape index (κ2) is 29.3. The molecule has 14 unspecified atom stereocenters. The molecule has 0 aromatic heterocycles. The second-order valence-corrected chi connectivity index (χ2v) is 23.4. The molecular weight excluding hydrogens is 1410 g/mol. The lowest BCUT2D eigenvalue weighted by Gasteiger charge is -2.42. The third-order valence-electron chi connectivity index (χ3n) is 17.2. The first-order chi connectivity index (χ1) is 45.4. The summed E-state index contributed by atoms with van der Waals surface area (Å²) in [5, 5.41) is 19.5. The average Bonchev–Trinajstić information content (AvgIpc) is 0.998. The Hall–Kier alpha value is -7.34. The van der Waals surface area contributed by atoms with Crippen LogP contribution in [-0.2, 0) is 42.9 Å². The third kappa shape index (κ3) is 15.2. The van der Waals surface area contributed by atoms with Gasteiger partial charge in [0.15, 0.2) is 0 Å². The number of aliphatic carboxylic acids is 2. The molecule has 7 rings (SSSR count). The van der Waals surface area contributed by atoms with Gasteiger partial charge in [-0.15, -0.1) is 0 Å². The first kappa shape index (κ1) is 80.6. The summed E-state index contributed by atoms with van der Waals surface area (Å²) >= 11 is 0. The predicted molar refractivity (Wildman–Crippen MR) is 289 cm³/mol. The van der Waals surface area contributed by atoms with Crippen molar-refractivity contribution < 1.29 is 167 Å². The largest absolute Gasteiger partial charge is 0.502 e. The average molecular weight is 1470 g/mol. The quantitative estimate of drug-likeness (QED) is 0.0304. The number of carboxylic acid groups (broad SMARTS) is 2. The number of cyclic esters (lactones) is 2. The van der Waals surface area contributed by atoms with E-state index in [0.717, 1.165) is 30.6 Å². The van der Waals surface area contributed by atoms with Gasteiger partial charge in [-0.05, 0) is 86.5 Å². The highest BCUT2D eigenvalue weighted by molar-refractivity contribution is 5.98. The molecule has 14 atom stereocenters. The number of carboxylic acids is 2. The van der Waals surface area contributed by atoms with E-state index >= 15 is 17.6 Å². The second-order valence-electron chi connectivity index (χ2n) is 23.4. The van der Waals surface area contributed by atoms with Crippen molar-refractivity contribution in [2.24, 2.45) is 59.2 Å². The minimum absolute atomic E-state index is 0.100. The predicted octanol–water partition coefficient (Wildman–Crippen LogP) is 16.6. The van der Waals surface area contributed by atoms with Crippen LogP contribution < -0.4 is 0 Å².